The van der Waals surface area contributed by atoms with Gasteiger partial charge in [-0.15, -0.1) is 0 Å². The third-order valence-electron chi connectivity index (χ3n) is 5.42. The molecule has 0 aromatic heterocycles. The van der Waals surface area contributed by atoms with E-state index in [0.717, 1.165) is 17.5 Å². The van der Waals surface area contributed by atoms with Crippen LogP contribution >= 0.6 is 0 Å². The number of sulfonamides is 1. The highest BCUT2D eigenvalue weighted by molar-refractivity contribution is 7.91. The molecule has 3 aromatic carbocycles. The Morgan fingerprint density at radius 3 is 2.10 bits per heavy atom. The van der Waals surface area contributed by atoms with Crippen molar-refractivity contribution in [2.45, 2.75) is 46.9 Å². The van der Waals surface area contributed by atoms with Gasteiger partial charge in [-0.05, 0) is 55.7 Å². The average Bonchev–Trinajstić information content (AvgIpc) is 3.47. The van der Waals surface area contributed by atoms with E-state index in [1.165, 1.54) is 30.3 Å². The van der Waals surface area contributed by atoms with Gasteiger partial charge >= 0.3 is 0 Å². The van der Waals surface area contributed by atoms with E-state index in [-0.39, 0.29) is 26.6 Å². The second-order valence-corrected chi connectivity index (χ2v) is 11.4. The molecule has 1 N–H and O–H groups in total. The number of hydrogen-bond donors (Lipinski definition) is 1. The smallest absolute Gasteiger partial charge is 0.219 e. The molecule has 0 bridgehead atoms. The molecular weight excluding hydrogens is 418 g/mol. The summed E-state index contributed by atoms with van der Waals surface area (Å²) < 4.78 is 54.8. The summed E-state index contributed by atoms with van der Waals surface area (Å²) in [6.07, 6.45) is 0.726. The van der Waals surface area contributed by atoms with Crippen LogP contribution in [0.3, 0.4) is 0 Å². The summed E-state index contributed by atoms with van der Waals surface area (Å²) in [7, 11) is -7.67. The van der Waals surface area contributed by atoms with Gasteiger partial charge in [0.2, 0.25) is 19.9 Å². The van der Waals surface area contributed by atoms with E-state index in [0.29, 0.717) is 5.56 Å². The summed E-state index contributed by atoms with van der Waals surface area (Å²) in [5.74, 6) is 0.140. The van der Waals surface area contributed by atoms with Gasteiger partial charge in [0.25, 0.3) is 0 Å². The van der Waals surface area contributed by atoms with Crippen molar-refractivity contribution in [1.82, 2.24) is 4.72 Å². The Bertz CT molecular complexity index is 1280. The molecule has 2 atom stereocenters. The quantitative estimate of drug-likeness (QED) is 0.628. The van der Waals surface area contributed by atoms with Crippen LogP contribution in [0, 0.1) is 13.8 Å². The van der Waals surface area contributed by atoms with E-state index in [2.05, 4.69) is 4.72 Å². The molecule has 3 aromatic rings. The molecule has 0 radical (unpaired) electrons. The number of hydrogen-bond acceptors (Lipinski definition) is 4. The van der Waals surface area contributed by atoms with Crippen LogP contribution in [0.5, 0.6) is 0 Å². The number of aryl methyl sites for hydroxylation is 2. The van der Waals surface area contributed by atoms with Gasteiger partial charge in [-0.2, -0.15) is 0 Å². The summed E-state index contributed by atoms with van der Waals surface area (Å²) in [5.41, 5.74) is 2.54. The molecule has 0 aliphatic heterocycles. The maximum absolute atomic E-state index is 13.0. The van der Waals surface area contributed by atoms with Crippen LogP contribution in [0.25, 0.3) is 0 Å². The van der Waals surface area contributed by atoms with Crippen LogP contribution in [0.2, 0.25) is 0 Å². The molecule has 0 spiro atoms. The predicted octanol–water partition coefficient (Wildman–Crippen LogP) is 3.97. The van der Waals surface area contributed by atoms with Crippen molar-refractivity contribution in [2.75, 3.05) is 0 Å². The first kappa shape index (κ1) is 20.8. The van der Waals surface area contributed by atoms with Crippen molar-refractivity contribution in [3.8, 4) is 0 Å². The monoisotopic (exact) mass is 441 g/mol. The van der Waals surface area contributed by atoms with E-state index in [1.54, 1.807) is 19.1 Å². The standard InChI is InChI=1S/C23H23NO4S2/c1-16-8-11-19(12-9-16)29(25,26)20-13-10-17(2)23(14-20)30(27,28)24-22-15-21(22)18-6-4-3-5-7-18/h3-14,21-22,24H,15H2,1-2H3/t21-,22+/m1/s1. The molecule has 156 valence electrons. The summed E-state index contributed by atoms with van der Waals surface area (Å²) in [6, 6.07) is 20.3. The largest absolute Gasteiger partial charge is 0.241 e. The molecule has 1 aliphatic carbocycles. The van der Waals surface area contributed by atoms with Crippen molar-refractivity contribution in [2.24, 2.45) is 0 Å². The minimum Gasteiger partial charge on any atom is -0.219 e. The van der Waals surface area contributed by atoms with Crippen molar-refractivity contribution in [3.63, 3.8) is 0 Å². The van der Waals surface area contributed by atoms with Crippen molar-refractivity contribution in [1.29, 1.82) is 0 Å². The lowest BCUT2D eigenvalue weighted by atomic mass is 10.1. The third-order valence-corrected chi connectivity index (χ3v) is 8.81. The van der Waals surface area contributed by atoms with E-state index in [9.17, 15) is 16.8 Å². The highest BCUT2D eigenvalue weighted by Gasteiger charge is 2.41. The Hall–Kier alpha value is -2.48. The van der Waals surface area contributed by atoms with Crippen LogP contribution in [0.1, 0.15) is 29.0 Å². The Labute approximate surface area is 177 Å². The first-order valence-corrected chi connectivity index (χ1v) is 12.6. The van der Waals surface area contributed by atoms with Crippen LogP contribution in [0.4, 0.5) is 0 Å². The number of sulfone groups is 1. The van der Waals surface area contributed by atoms with Crippen LogP contribution in [0.15, 0.2) is 87.5 Å². The van der Waals surface area contributed by atoms with Crippen LogP contribution < -0.4 is 4.72 Å². The number of rotatable bonds is 6. The SMILES string of the molecule is Cc1ccc(S(=O)(=O)c2ccc(C)c(S(=O)(=O)N[C@H]3C[C@@H]3c3ccccc3)c2)cc1. The summed E-state index contributed by atoms with van der Waals surface area (Å²) in [5, 5.41) is 0. The second-order valence-electron chi connectivity index (χ2n) is 7.72. The van der Waals surface area contributed by atoms with Gasteiger partial charge < -0.3 is 0 Å². The molecule has 0 amide bonds. The normalized spacial score (nSPS) is 18.9. The van der Waals surface area contributed by atoms with Gasteiger partial charge in [-0.1, -0.05) is 54.1 Å². The van der Waals surface area contributed by atoms with Gasteiger partial charge in [-0.25, -0.2) is 21.6 Å². The minimum atomic E-state index is -3.85. The summed E-state index contributed by atoms with van der Waals surface area (Å²) >= 11 is 0. The van der Waals surface area contributed by atoms with Gasteiger partial charge in [0.15, 0.2) is 0 Å². The van der Waals surface area contributed by atoms with E-state index in [1.807, 2.05) is 37.3 Å². The van der Waals surface area contributed by atoms with Gasteiger partial charge in [0.05, 0.1) is 14.7 Å². The van der Waals surface area contributed by atoms with E-state index < -0.39 is 19.9 Å². The van der Waals surface area contributed by atoms with Crippen LogP contribution in [-0.2, 0) is 19.9 Å². The lowest BCUT2D eigenvalue weighted by Gasteiger charge is -2.12. The number of benzene rings is 3. The molecule has 7 heteroatoms. The fourth-order valence-corrected chi connectivity index (χ4v) is 6.47. The zero-order chi connectivity index (χ0) is 21.5. The third kappa shape index (κ3) is 4.05. The topological polar surface area (TPSA) is 80.3 Å². The molecule has 1 saturated carbocycles. The highest BCUT2D eigenvalue weighted by atomic mass is 32.2. The fourth-order valence-electron chi connectivity index (χ4n) is 3.55. The molecule has 30 heavy (non-hydrogen) atoms. The Balaban J connectivity index is 1.62. The summed E-state index contributed by atoms with van der Waals surface area (Å²) in [6.45, 7) is 3.54. The van der Waals surface area contributed by atoms with Crippen molar-refractivity contribution < 1.29 is 16.8 Å². The molecule has 1 aliphatic rings. The van der Waals surface area contributed by atoms with Crippen LogP contribution in [-0.4, -0.2) is 22.9 Å². The van der Waals surface area contributed by atoms with Crippen molar-refractivity contribution >= 4 is 19.9 Å². The highest BCUT2D eigenvalue weighted by Crippen LogP contribution is 2.41. The first-order chi connectivity index (χ1) is 14.2. The number of nitrogens with one attached hydrogen (secondary N) is 1. The maximum Gasteiger partial charge on any atom is 0.241 e. The minimum absolute atomic E-state index is 0.00519. The molecule has 5 nitrogen and oxygen atoms in total. The van der Waals surface area contributed by atoms with Gasteiger partial charge in [0, 0.05) is 12.0 Å². The lowest BCUT2D eigenvalue weighted by Crippen LogP contribution is -2.27. The van der Waals surface area contributed by atoms with E-state index in [4.69, 9.17) is 0 Å². The molecule has 0 saturated heterocycles. The lowest BCUT2D eigenvalue weighted by molar-refractivity contribution is 0.579. The average molecular weight is 442 g/mol. The Kier molecular flexibility index (Phi) is 5.30. The Morgan fingerprint density at radius 1 is 0.800 bits per heavy atom. The fraction of sp³-hybridized carbons (Fsp3) is 0.217. The molecule has 4 rings (SSSR count). The van der Waals surface area contributed by atoms with Crippen molar-refractivity contribution in [3.05, 3.63) is 89.5 Å². The molecule has 0 heterocycles. The zero-order valence-corrected chi connectivity index (χ0v) is 18.4. The zero-order valence-electron chi connectivity index (χ0n) is 16.7. The van der Waals surface area contributed by atoms with Gasteiger partial charge in [-0.3, -0.25) is 0 Å². The second kappa shape index (κ2) is 7.65. The predicted molar refractivity (Wildman–Crippen MR) is 116 cm³/mol. The maximum atomic E-state index is 13.0. The molecular formula is C23H23NO4S2. The molecule has 0 unspecified atom stereocenters. The van der Waals surface area contributed by atoms with Gasteiger partial charge in [0.1, 0.15) is 0 Å². The molecule has 1 fully saturated rings. The Morgan fingerprint density at radius 2 is 1.43 bits per heavy atom. The summed E-state index contributed by atoms with van der Waals surface area (Å²) in [4.78, 5) is 0.0988. The van der Waals surface area contributed by atoms with E-state index >= 15 is 0 Å². The first-order valence-electron chi connectivity index (χ1n) is 9.68.